The number of hydroxylamine groups is 1. The average Bonchev–Trinajstić information content (AvgIpc) is 2.83. The van der Waals surface area contributed by atoms with Gasteiger partial charge in [-0.25, -0.2) is 5.48 Å². The Hall–Kier alpha value is -2.33. The molecule has 2 aromatic carbocycles. The number of fused-ring (bicyclic) bond motifs is 3. The lowest BCUT2D eigenvalue weighted by molar-refractivity contribution is 0.000304. The lowest BCUT2D eigenvalue weighted by Crippen LogP contribution is -2.27. The van der Waals surface area contributed by atoms with E-state index in [1.165, 1.54) is 0 Å². The minimum Gasteiger partial charge on any atom is -0.456 e. The Kier molecular flexibility index (Phi) is 3.16. The highest BCUT2D eigenvalue weighted by atomic mass is 16.7. The molecule has 0 saturated heterocycles. The molecule has 0 spiro atoms. The highest BCUT2D eigenvalue weighted by molar-refractivity contribution is 6.16. The standard InChI is InChI=1S/C16H15NO3/c1-10(2)20-17-16(18)12-7-5-9-14-15(12)11-6-3-4-8-13(11)19-14/h3-10H,1-2H3,(H,17,18). The number of carbonyl (C=O) groups excluding carboxylic acids is 1. The van der Waals surface area contributed by atoms with Crippen LogP contribution in [0.1, 0.15) is 24.2 Å². The molecule has 0 aliphatic heterocycles. The van der Waals surface area contributed by atoms with Gasteiger partial charge in [-0.3, -0.25) is 9.63 Å². The molecule has 1 amide bonds. The molecule has 3 rings (SSSR count). The number of furan rings is 1. The van der Waals surface area contributed by atoms with Crippen LogP contribution in [0.3, 0.4) is 0 Å². The normalized spacial score (nSPS) is 11.3. The van der Waals surface area contributed by atoms with Crippen molar-refractivity contribution in [3.05, 3.63) is 48.0 Å². The van der Waals surface area contributed by atoms with Gasteiger partial charge in [0.05, 0.1) is 11.7 Å². The Balaban J connectivity index is 2.13. The predicted molar refractivity (Wildman–Crippen MR) is 77.4 cm³/mol. The van der Waals surface area contributed by atoms with Crippen molar-refractivity contribution in [2.75, 3.05) is 0 Å². The van der Waals surface area contributed by atoms with Crippen LogP contribution in [0.5, 0.6) is 0 Å². The van der Waals surface area contributed by atoms with Gasteiger partial charge in [0.2, 0.25) is 0 Å². The number of carbonyl (C=O) groups is 1. The van der Waals surface area contributed by atoms with Gasteiger partial charge in [-0.15, -0.1) is 0 Å². The van der Waals surface area contributed by atoms with Crippen molar-refractivity contribution < 1.29 is 14.0 Å². The zero-order chi connectivity index (χ0) is 14.1. The SMILES string of the molecule is CC(C)ONC(=O)c1cccc2oc3ccccc3c12. The van der Waals surface area contributed by atoms with E-state index in [1.807, 2.05) is 44.2 Å². The minimum absolute atomic E-state index is 0.0701. The summed E-state index contributed by atoms with van der Waals surface area (Å²) < 4.78 is 5.75. The Morgan fingerprint density at radius 1 is 1.10 bits per heavy atom. The third-order valence-electron chi connectivity index (χ3n) is 3.03. The van der Waals surface area contributed by atoms with Gasteiger partial charge < -0.3 is 4.42 Å². The van der Waals surface area contributed by atoms with Crippen molar-refractivity contribution in [3.8, 4) is 0 Å². The van der Waals surface area contributed by atoms with Crippen LogP contribution in [0.2, 0.25) is 0 Å². The molecular weight excluding hydrogens is 254 g/mol. The van der Waals surface area contributed by atoms with Crippen LogP contribution >= 0.6 is 0 Å². The molecule has 1 aromatic heterocycles. The number of hydrogen-bond donors (Lipinski definition) is 1. The van der Waals surface area contributed by atoms with E-state index in [2.05, 4.69) is 5.48 Å². The zero-order valence-electron chi connectivity index (χ0n) is 11.3. The first-order chi connectivity index (χ1) is 9.66. The third-order valence-corrected chi connectivity index (χ3v) is 3.03. The fraction of sp³-hybridized carbons (Fsp3) is 0.188. The number of nitrogens with one attached hydrogen (secondary N) is 1. The summed E-state index contributed by atoms with van der Waals surface area (Å²) in [7, 11) is 0. The first kappa shape index (κ1) is 12.7. The molecule has 0 aliphatic carbocycles. The Morgan fingerprint density at radius 3 is 2.65 bits per heavy atom. The largest absolute Gasteiger partial charge is 0.456 e. The molecule has 20 heavy (non-hydrogen) atoms. The fourth-order valence-corrected chi connectivity index (χ4v) is 2.19. The molecule has 1 heterocycles. The lowest BCUT2D eigenvalue weighted by Gasteiger charge is -2.08. The first-order valence-corrected chi connectivity index (χ1v) is 6.53. The highest BCUT2D eigenvalue weighted by Crippen LogP contribution is 2.31. The maximum absolute atomic E-state index is 12.2. The van der Waals surface area contributed by atoms with E-state index < -0.39 is 0 Å². The second kappa shape index (κ2) is 4.98. The third kappa shape index (κ3) is 2.14. The van der Waals surface area contributed by atoms with Crippen LogP contribution in [0.4, 0.5) is 0 Å². The molecule has 0 radical (unpaired) electrons. The Labute approximate surface area is 116 Å². The average molecular weight is 269 g/mol. The molecule has 0 unspecified atom stereocenters. The molecular formula is C16H15NO3. The Bertz CT molecular complexity index is 774. The van der Waals surface area contributed by atoms with Crippen LogP contribution in [-0.2, 0) is 4.84 Å². The maximum Gasteiger partial charge on any atom is 0.275 e. The van der Waals surface area contributed by atoms with Crippen molar-refractivity contribution >= 4 is 27.8 Å². The van der Waals surface area contributed by atoms with Gasteiger partial charge in [0.15, 0.2) is 0 Å². The number of rotatable bonds is 3. The van der Waals surface area contributed by atoms with Gasteiger partial charge >= 0.3 is 0 Å². The molecule has 0 bridgehead atoms. The molecule has 0 fully saturated rings. The molecule has 4 heteroatoms. The minimum atomic E-state index is -0.268. The van der Waals surface area contributed by atoms with Crippen LogP contribution in [-0.4, -0.2) is 12.0 Å². The van der Waals surface area contributed by atoms with Gasteiger partial charge in [0.1, 0.15) is 11.2 Å². The van der Waals surface area contributed by atoms with Crippen LogP contribution in [0.25, 0.3) is 21.9 Å². The molecule has 1 N–H and O–H groups in total. The number of benzene rings is 2. The molecule has 3 aromatic rings. The van der Waals surface area contributed by atoms with Crippen molar-refractivity contribution in [2.45, 2.75) is 20.0 Å². The number of amides is 1. The van der Waals surface area contributed by atoms with Crippen molar-refractivity contribution in [3.63, 3.8) is 0 Å². The van der Waals surface area contributed by atoms with Crippen LogP contribution in [0.15, 0.2) is 46.9 Å². The van der Waals surface area contributed by atoms with Gasteiger partial charge in [0.25, 0.3) is 5.91 Å². The summed E-state index contributed by atoms with van der Waals surface area (Å²) >= 11 is 0. The van der Waals surface area contributed by atoms with E-state index in [-0.39, 0.29) is 12.0 Å². The number of hydrogen-bond acceptors (Lipinski definition) is 3. The van der Waals surface area contributed by atoms with E-state index in [1.54, 1.807) is 12.1 Å². The van der Waals surface area contributed by atoms with Crippen molar-refractivity contribution in [1.29, 1.82) is 0 Å². The zero-order valence-corrected chi connectivity index (χ0v) is 11.3. The summed E-state index contributed by atoms with van der Waals surface area (Å²) in [6, 6.07) is 13.1. The van der Waals surface area contributed by atoms with E-state index in [0.717, 1.165) is 16.4 Å². The first-order valence-electron chi connectivity index (χ1n) is 6.53. The molecule has 0 atom stereocenters. The van der Waals surface area contributed by atoms with Gasteiger partial charge in [-0.05, 0) is 32.0 Å². The Morgan fingerprint density at radius 2 is 1.85 bits per heavy atom. The summed E-state index contributed by atoms with van der Waals surface area (Å²) in [5.74, 6) is -0.268. The summed E-state index contributed by atoms with van der Waals surface area (Å²) in [5, 5.41) is 1.74. The van der Waals surface area contributed by atoms with E-state index in [4.69, 9.17) is 9.25 Å². The summed E-state index contributed by atoms with van der Waals surface area (Å²) in [6.45, 7) is 3.71. The maximum atomic E-state index is 12.2. The van der Waals surface area contributed by atoms with E-state index in [0.29, 0.717) is 11.1 Å². The molecule has 4 nitrogen and oxygen atoms in total. The topological polar surface area (TPSA) is 51.5 Å². The molecule has 0 aliphatic rings. The fourth-order valence-electron chi connectivity index (χ4n) is 2.19. The van der Waals surface area contributed by atoms with Gasteiger partial charge in [0, 0.05) is 10.8 Å². The smallest absolute Gasteiger partial charge is 0.275 e. The van der Waals surface area contributed by atoms with Crippen molar-refractivity contribution in [1.82, 2.24) is 5.48 Å². The molecule has 0 saturated carbocycles. The molecule has 102 valence electrons. The highest BCUT2D eigenvalue weighted by Gasteiger charge is 2.15. The van der Waals surface area contributed by atoms with Crippen LogP contribution in [0, 0.1) is 0 Å². The summed E-state index contributed by atoms with van der Waals surface area (Å²) in [4.78, 5) is 17.4. The summed E-state index contributed by atoms with van der Waals surface area (Å²) in [6.07, 6.45) is -0.0701. The van der Waals surface area contributed by atoms with Crippen LogP contribution < -0.4 is 5.48 Å². The second-order valence-electron chi connectivity index (χ2n) is 4.87. The quantitative estimate of drug-likeness (QED) is 0.738. The lowest BCUT2D eigenvalue weighted by atomic mass is 10.1. The van der Waals surface area contributed by atoms with E-state index in [9.17, 15) is 4.79 Å². The van der Waals surface area contributed by atoms with Crippen molar-refractivity contribution in [2.24, 2.45) is 0 Å². The second-order valence-corrected chi connectivity index (χ2v) is 4.87. The van der Waals surface area contributed by atoms with E-state index >= 15 is 0 Å². The van der Waals surface area contributed by atoms with Gasteiger partial charge in [-0.1, -0.05) is 24.3 Å². The monoisotopic (exact) mass is 269 g/mol. The van der Waals surface area contributed by atoms with Gasteiger partial charge in [-0.2, -0.15) is 0 Å². The predicted octanol–water partition coefficient (Wildman–Crippen LogP) is 3.66. The summed E-state index contributed by atoms with van der Waals surface area (Å²) in [5.41, 5.74) is 4.48. The number of para-hydroxylation sites is 1.